The molecule has 26 heavy (non-hydrogen) atoms. The van der Waals surface area contributed by atoms with Crippen molar-refractivity contribution in [2.45, 2.75) is 72.8 Å². The maximum atomic E-state index is 12.0. The van der Waals surface area contributed by atoms with Gasteiger partial charge in [0.25, 0.3) is 0 Å². The fourth-order valence-corrected chi connectivity index (χ4v) is 2.73. The number of nitrogens with zero attached hydrogens (tertiary/aromatic N) is 1. The predicted molar refractivity (Wildman–Crippen MR) is 112 cm³/mol. The number of allylic oxidation sites excluding steroid dienone is 1. The van der Waals surface area contributed by atoms with E-state index in [-0.39, 0.29) is 5.97 Å². The molecule has 1 aromatic rings. The Hall–Kier alpha value is -1.97. The minimum absolute atomic E-state index is 0.329. The summed E-state index contributed by atoms with van der Waals surface area (Å²) in [7, 11) is 0. The standard InChI is InChI=1S/C22H36N2O2/c1-7-9-13-24(14-10-8-2)20-12-11-18(16-19(20)23)17(3)15-21(25)26-22(4,5)6/h11-12,15-16H,7-10,13-14,23H2,1-6H3/b17-15+. The molecule has 0 spiro atoms. The molecule has 0 amide bonds. The lowest BCUT2D eigenvalue weighted by Gasteiger charge is -2.26. The van der Waals surface area contributed by atoms with Crippen molar-refractivity contribution in [3.05, 3.63) is 29.8 Å². The molecule has 2 N–H and O–H groups in total. The van der Waals surface area contributed by atoms with Gasteiger partial charge in [-0.2, -0.15) is 0 Å². The molecule has 0 heterocycles. The summed E-state index contributed by atoms with van der Waals surface area (Å²) in [6.45, 7) is 13.9. The minimum Gasteiger partial charge on any atom is -0.457 e. The average Bonchev–Trinajstić information content (AvgIpc) is 2.53. The highest BCUT2D eigenvalue weighted by molar-refractivity contribution is 5.91. The Morgan fingerprint density at radius 2 is 1.73 bits per heavy atom. The van der Waals surface area contributed by atoms with Crippen LogP contribution in [0.1, 0.15) is 72.8 Å². The van der Waals surface area contributed by atoms with Crippen molar-refractivity contribution in [1.82, 2.24) is 0 Å². The number of hydrogen-bond donors (Lipinski definition) is 1. The average molecular weight is 361 g/mol. The van der Waals surface area contributed by atoms with E-state index in [1.54, 1.807) is 0 Å². The molecule has 0 bridgehead atoms. The van der Waals surface area contributed by atoms with Crippen LogP contribution in [0, 0.1) is 0 Å². The number of anilines is 2. The highest BCUT2D eigenvalue weighted by Crippen LogP contribution is 2.28. The number of nitrogen functional groups attached to an aromatic ring is 1. The number of hydrogen-bond acceptors (Lipinski definition) is 4. The molecule has 0 saturated heterocycles. The zero-order valence-corrected chi connectivity index (χ0v) is 17.4. The number of unbranched alkanes of at least 4 members (excludes halogenated alkanes) is 2. The lowest BCUT2D eigenvalue weighted by molar-refractivity contribution is -0.148. The van der Waals surface area contributed by atoms with E-state index in [1.165, 1.54) is 18.9 Å². The van der Waals surface area contributed by atoms with Crippen molar-refractivity contribution in [2.75, 3.05) is 23.7 Å². The van der Waals surface area contributed by atoms with Crippen LogP contribution in [0.3, 0.4) is 0 Å². The van der Waals surface area contributed by atoms with Gasteiger partial charge in [-0.05, 0) is 63.8 Å². The number of ether oxygens (including phenoxy) is 1. The second-order valence-electron chi connectivity index (χ2n) is 7.83. The van der Waals surface area contributed by atoms with Crippen LogP contribution in [0.4, 0.5) is 11.4 Å². The fourth-order valence-electron chi connectivity index (χ4n) is 2.73. The molecule has 146 valence electrons. The summed E-state index contributed by atoms with van der Waals surface area (Å²) < 4.78 is 5.36. The lowest BCUT2D eigenvalue weighted by atomic mass is 10.0. The monoisotopic (exact) mass is 360 g/mol. The summed E-state index contributed by atoms with van der Waals surface area (Å²) in [4.78, 5) is 14.4. The normalized spacial score (nSPS) is 12.2. The van der Waals surface area contributed by atoms with Gasteiger partial charge in [0.05, 0.1) is 11.4 Å². The fraction of sp³-hybridized carbons (Fsp3) is 0.591. The molecule has 0 fully saturated rings. The van der Waals surface area contributed by atoms with Crippen LogP contribution >= 0.6 is 0 Å². The summed E-state index contributed by atoms with van der Waals surface area (Å²) >= 11 is 0. The first kappa shape index (κ1) is 22.1. The first-order valence-electron chi connectivity index (χ1n) is 9.74. The van der Waals surface area contributed by atoms with Gasteiger partial charge in [0, 0.05) is 19.2 Å². The molecular formula is C22H36N2O2. The van der Waals surface area contributed by atoms with Gasteiger partial charge < -0.3 is 15.4 Å². The summed E-state index contributed by atoms with van der Waals surface area (Å²) in [6, 6.07) is 6.06. The maximum absolute atomic E-state index is 12.0. The highest BCUT2D eigenvalue weighted by atomic mass is 16.6. The van der Waals surface area contributed by atoms with Gasteiger partial charge >= 0.3 is 5.97 Å². The van der Waals surface area contributed by atoms with Crippen LogP contribution in [0.15, 0.2) is 24.3 Å². The second-order valence-corrected chi connectivity index (χ2v) is 7.83. The molecule has 0 atom stereocenters. The van der Waals surface area contributed by atoms with Crippen molar-refractivity contribution in [3.8, 4) is 0 Å². The van der Waals surface area contributed by atoms with Crippen LogP contribution in [0.2, 0.25) is 0 Å². The quantitative estimate of drug-likeness (QED) is 0.363. The van der Waals surface area contributed by atoms with E-state index in [0.717, 1.165) is 48.4 Å². The van der Waals surface area contributed by atoms with E-state index in [9.17, 15) is 4.79 Å². The van der Waals surface area contributed by atoms with Crippen molar-refractivity contribution in [3.63, 3.8) is 0 Å². The summed E-state index contributed by atoms with van der Waals surface area (Å²) in [5, 5.41) is 0. The van der Waals surface area contributed by atoms with E-state index >= 15 is 0 Å². The van der Waals surface area contributed by atoms with E-state index in [1.807, 2.05) is 39.8 Å². The van der Waals surface area contributed by atoms with Crippen molar-refractivity contribution in [2.24, 2.45) is 0 Å². The Morgan fingerprint density at radius 1 is 1.15 bits per heavy atom. The Kier molecular flexibility index (Phi) is 8.70. The van der Waals surface area contributed by atoms with E-state index in [0.29, 0.717) is 0 Å². The zero-order valence-electron chi connectivity index (χ0n) is 17.4. The zero-order chi connectivity index (χ0) is 19.7. The third-order valence-corrected chi connectivity index (χ3v) is 4.13. The number of rotatable bonds is 9. The van der Waals surface area contributed by atoms with Crippen molar-refractivity contribution >= 4 is 22.9 Å². The largest absolute Gasteiger partial charge is 0.457 e. The molecule has 0 aliphatic rings. The Bertz CT molecular complexity index is 607. The molecule has 0 saturated carbocycles. The van der Waals surface area contributed by atoms with Crippen LogP contribution in [0.25, 0.3) is 5.57 Å². The van der Waals surface area contributed by atoms with Crippen molar-refractivity contribution in [1.29, 1.82) is 0 Å². The molecule has 1 aromatic carbocycles. The van der Waals surface area contributed by atoms with Gasteiger partial charge in [0.2, 0.25) is 0 Å². The molecule has 0 aliphatic heterocycles. The summed E-state index contributed by atoms with van der Waals surface area (Å²) in [6.07, 6.45) is 6.17. The minimum atomic E-state index is -0.490. The lowest BCUT2D eigenvalue weighted by Crippen LogP contribution is -2.26. The first-order valence-corrected chi connectivity index (χ1v) is 9.74. The van der Waals surface area contributed by atoms with Gasteiger partial charge in [0.15, 0.2) is 0 Å². The number of esters is 1. The van der Waals surface area contributed by atoms with Gasteiger partial charge in [-0.1, -0.05) is 32.8 Å². The smallest absolute Gasteiger partial charge is 0.331 e. The number of carbonyl (C=O) groups is 1. The first-order chi connectivity index (χ1) is 12.2. The molecule has 0 aromatic heterocycles. The van der Waals surface area contributed by atoms with Gasteiger partial charge in [-0.3, -0.25) is 0 Å². The van der Waals surface area contributed by atoms with E-state index in [4.69, 9.17) is 10.5 Å². The SMILES string of the molecule is CCCCN(CCCC)c1ccc(/C(C)=C/C(=O)OC(C)(C)C)cc1N. The van der Waals surface area contributed by atoms with E-state index in [2.05, 4.69) is 24.8 Å². The van der Waals surface area contributed by atoms with Crippen molar-refractivity contribution < 1.29 is 9.53 Å². The van der Waals surface area contributed by atoms with Crippen LogP contribution in [-0.2, 0) is 9.53 Å². The van der Waals surface area contributed by atoms with Gasteiger partial charge in [-0.25, -0.2) is 4.79 Å². The Labute approximate surface area is 159 Å². The van der Waals surface area contributed by atoms with Crippen LogP contribution < -0.4 is 10.6 Å². The Morgan fingerprint density at radius 3 is 2.19 bits per heavy atom. The van der Waals surface area contributed by atoms with Gasteiger partial charge in [-0.15, -0.1) is 0 Å². The van der Waals surface area contributed by atoms with Crippen LogP contribution in [0.5, 0.6) is 0 Å². The predicted octanol–water partition coefficient (Wildman–Crippen LogP) is 5.42. The van der Waals surface area contributed by atoms with E-state index < -0.39 is 5.60 Å². The summed E-state index contributed by atoms with van der Waals surface area (Å²) in [5.41, 5.74) is 9.50. The molecule has 0 unspecified atom stereocenters. The van der Waals surface area contributed by atoms with Crippen LogP contribution in [-0.4, -0.2) is 24.7 Å². The molecule has 4 heteroatoms. The topological polar surface area (TPSA) is 55.6 Å². The molecule has 0 aliphatic carbocycles. The molecule has 4 nitrogen and oxygen atoms in total. The number of benzene rings is 1. The second kappa shape index (κ2) is 10.2. The maximum Gasteiger partial charge on any atom is 0.331 e. The molecule has 1 rings (SSSR count). The third-order valence-electron chi connectivity index (χ3n) is 4.13. The third kappa shape index (κ3) is 7.51. The molecule has 0 radical (unpaired) electrons. The summed E-state index contributed by atoms with van der Waals surface area (Å²) in [5.74, 6) is -0.329. The number of nitrogens with two attached hydrogens (primary N) is 1. The highest BCUT2D eigenvalue weighted by Gasteiger charge is 2.15. The van der Waals surface area contributed by atoms with Gasteiger partial charge in [0.1, 0.15) is 5.60 Å². The number of carbonyl (C=O) groups excluding carboxylic acids is 1. The Balaban J connectivity index is 2.98. The molecular weight excluding hydrogens is 324 g/mol.